The summed E-state index contributed by atoms with van der Waals surface area (Å²) in [7, 11) is 0. The van der Waals surface area contributed by atoms with Crippen molar-refractivity contribution in [3.05, 3.63) is 41.8 Å². The van der Waals surface area contributed by atoms with Gasteiger partial charge in [0.15, 0.2) is 0 Å². The van der Waals surface area contributed by atoms with Crippen LogP contribution in [-0.2, 0) is 0 Å². The van der Waals surface area contributed by atoms with Gasteiger partial charge in [0.25, 0.3) is 11.1 Å². The zero-order valence-corrected chi connectivity index (χ0v) is 9.90. The van der Waals surface area contributed by atoms with E-state index in [1.807, 2.05) is 0 Å². The number of halogens is 2. The molecule has 0 aromatic carbocycles. The Kier molecular flexibility index (Phi) is 2.32. The van der Waals surface area contributed by atoms with E-state index in [1.165, 1.54) is 0 Å². The number of H-pyrrole nitrogens is 2. The van der Waals surface area contributed by atoms with Crippen LogP contribution in [0.5, 0.6) is 0 Å². The van der Waals surface area contributed by atoms with Crippen LogP contribution >= 0.6 is 31.9 Å². The Morgan fingerprint density at radius 1 is 0.857 bits per heavy atom. The second kappa shape index (κ2) is 3.36. The van der Waals surface area contributed by atoms with Crippen molar-refractivity contribution >= 4 is 42.9 Å². The highest BCUT2D eigenvalue weighted by Crippen LogP contribution is 2.13. The van der Waals surface area contributed by atoms with Gasteiger partial charge in [-0.3, -0.25) is 9.59 Å². The minimum absolute atomic E-state index is 0.226. The minimum Gasteiger partial charge on any atom is -0.320 e. The maximum Gasteiger partial charge on any atom is 0.262 e. The summed E-state index contributed by atoms with van der Waals surface area (Å²) < 4.78 is 0.783. The predicted molar refractivity (Wildman–Crippen MR) is 60.6 cm³/mol. The van der Waals surface area contributed by atoms with E-state index in [4.69, 9.17) is 0 Å². The third-order valence-electron chi connectivity index (χ3n) is 1.76. The first-order chi connectivity index (χ1) is 6.58. The number of hydrogen-bond donors (Lipinski definition) is 2. The van der Waals surface area contributed by atoms with Crippen LogP contribution in [0.1, 0.15) is 0 Å². The van der Waals surface area contributed by atoms with Crippen molar-refractivity contribution in [2.75, 3.05) is 0 Å². The van der Waals surface area contributed by atoms with Gasteiger partial charge in [-0.1, -0.05) is 0 Å². The summed E-state index contributed by atoms with van der Waals surface area (Å²) in [4.78, 5) is 27.7. The molecule has 0 bridgehead atoms. The van der Waals surface area contributed by atoms with E-state index >= 15 is 0 Å². The van der Waals surface area contributed by atoms with E-state index < -0.39 is 0 Å². The predicted octanol–water partition coefficient (Wildman–Crippen LogP) is 1.74. The van der Waals surface area contributed by atoms with Crippen LogP contribution in [0.15, 0.2) is 30.7 Å². The molecule has 2 rings (SSSR count). The van der Waals surface area contributed by atoms with Gasteiger partial charge in [0.2, 0.25) is 0 Å². The summed E-state index contributed by atoms with van der Waals surface area (Å²) in [5.41, 5.74) is 0.724. The van der Waals surface area contributed by atoms with E-state index in [0.717, 1.165) is 0 Å². The molecule has 6 heteroatoms. The third-order valence-corrected chi connectivity index (χ3v) is 2.94. The average molecular weight is 320 g/mol. The fourth-order valence-electron chi connectivity index (χ4n) is 1.11. The van der Waals surface area contributed by atoms with E-state index in [0.29, 0.717) is 20.0 Å². The average Bonchev–Trinajstić information content (AvgIpc) is 2.11. The van der Waals surface area contributed by atoms with Gasteiger partial charge >= 0.3 is 0 Å². The molecule has 0 atom stereocenters. The highest BCUT2D eigenvalue weighted by atomic mass is 79.9. The molecule has 0 amide bonds. The summed E-state index contributed by atoms with van der Waals surface area (Å²) in [6.07, 6.45) is 0. The van der Waals surface area contributed by atoms with Gasteiger partial charge in [0.1, 0.15) is 0 Å². The lowest BCUT2D eigenvalue weighted by atomic mass is 10.3. The second-order valence-electron chi connectivity index (χ2n) is 2.72. The van der Waals surface area contributed by atoms with Crippen molar-refractivity contribution in [3.8, 4) is 0 Å². The molecule has 0 aliphatic carbocycles. The summed E-state index contributed by atoms with van der Waals surface area (Å²) in [6, 6.07) is 3.14. The van der Waals surface area contributed by atoms with Crippen molar-refractivity contribution in [1.29, 1.82) is 0 Å². The molecule has 2 heterocycles. The molecular weight excluding hydrogens is 316 g/mol. The molecule has 2 aromatic heterocycles. The van der Waals surface area contributed by atoms with Gasteiger partial charge in [0.05, 0.1) is 20.0 Å². The molecule has 0 aliphatic heterocycles. The molecular formula is C8H4Br2N2O2. The van der Waals surface area contributed by atoms with Gasteiger partial charge in [-0.2, -0.15) is 0 Å². The lowest BCUT2D eigenvalue weighted by Crippen LogP contribution is -2.11. The highest BCUT2D eigenvalue weighted by molar-refractivity contribution is 9.10. The molecule has 0 saturated carbocycles. The number of fused-ring (bicyclic) bond motifs is 1. The molecule has 72 valence electrons. The monoisotopic (exact) mass is 318 g/mol. The Morgan fingerprint density at radius 2 is 1.21 bits per heavy atom. The first-order valence-electron chi connectivity index (χ1n) is 3.69. The molecule has 0 spiro atoms. The number of aromatic nitrogens is 2. The van der Waals surface area contributed by atoms with E-state index in [2.05, 4.69) is 41.8 Å². The lowest BCUT2D eigenvalue weighted by molar-refractivity contribution is 1.21. The fourth-order valence-corrected chi connectivity index (χ4v) is 1.77. The molecule has 0 radical (unpaired) electrons. The Labute approximate surface area is 94.6 Å². The van der Waals surface area contributed by atoms with Crippen molar-refractivity contribution in [3.63, 3.8) is 0 Å². The lowest BCUT2D eigenvalue weighted by Gasteiger charge is -1.98. The molecule has 0 aliphatic rings. The summed E-state index contributed by atoms with van der Waals surface area (Å²) in [6.45, 7) is 0. The smallest absolute Gasteiger partial charge is 0.262 e. The van der Waals surface area contributed by atoms with Crippen LogP contribution in [0.25, 0.3) is 11.0 Å². The van der Waals surface area contributed by atoms with Crippen molar-refractivity contribution < 1.29 is 0 Å². The van der Waals surface area contributed by atoms with Crippen LogP contribution in [0.2, 0.25) is 0 Å². The minimum atomic E-state index is -0.226. The molecule has 0 fully saturated rings. The Hall–Kier alpha value is -0.880. The molecule has 0 unspecified atom stereocenters. The van der Waals surface area contributed by atoms with Crippen molar-refractivity contribution in [1.82, 2.24) is 9.97 Å². The summed E-state index contributed by atoms with van der Waals surface area (Å²) >= 11 is 6.16. The quantitative estimate of drug-likeness (QED) is 0.777. The third kappa shape index (κ3) is 1.55. The van der Waals surface area contributed by atoms with Gasteiger partial charge in [0, 0.05) is 0 Å². The number of hydrogen-bond acceptors (Lipinski definition) is 2. The van der Waals surface area contributed by atoms with Gasteiger partial charge in [-0.15, -0.1) is 0 Å². The molecule has 0 saturated heterocycles. The number of rotatable bonds is 0. The largest absolute Gasteiger partial charge is 0.320 e. The van der Waals surface area contributed by atoms with Gasteiger partial charge in [-0.25, -0.2) is 0 Å². The van der Waals surface area contributed by atoms with Crippen LogP contribution in [0, 0.1) is 0 Å². The fraction of sp³-hybridized carbons (Fsp3) is 0. The molecule has 2 aromatic rings. The van der Waals surface area contributed by atoms with Crippen LogP contribution in [0.3, 0.4) is 0 Å². The highest BCUT2D eigenvalue weighted by Gasteiger charge is 2.02. The Balaban J connectivity index is 2.97. The summed E-state index contributed by atoms with van der Waals surface area (Å²) in [5, 5.41) is 0. The number of nitrogens with one attached hydrogen (secondary N) is 2. The zero-order valence-electron chi connectivity index (χ0n) is 6.73. The normalized spacial score (nSPS) is 10.7. The molecule has 2 N–H and O–H groups in total. The van der Waals surface area contributed by atoms with Crippen molar-refractivity contribution in [2.24, 2.45) is 0 Å². The number of aromatic amines is 2. The first kappa shape index (κ1) is 9.67. The van der Waals surface area contributed by atoms with Gasteiger partial charge in [-0.05, 0) is 44.0 Å². The van der Waals surface area contributed by atoms with Crippen LogP contribution in [-0.4, -0.2) is 9.97 Å². The second-order valence-corrected chi connectivity index (χ2v) is 4.43. The first-order valence-corrected chi connectivity index (χ1v) is 5.28. The molecule has 14 heavy (non-hydrogen) atoms. The maximum absolute atomic E-state index is 11.2. The van der Waals surface area contributed by atoms with Crippen LogP contribution in [0.4, 0.5) is 0 Å². The SMILES string of the molecule is O=c1[nH]c2cc(Br)c(=O)[nH]c2cc1Br. The van der Waals surface area contributed by atoms with Gasteiger partial charge < -0.3 is 9.97 Å². The Bertz CT molecular complexity index is 559. The van der Waals surface area contributed by atoms with E-state index in [1.54, 1.807) is 12.1 Å². The van der Waals surface area contributed by atoms with Crippen LogP contribution < -0.4 is 11.1 Å². The number of pyridine rings is 2. The van der Waals surface area contributed by atoms with Crippen molar-refractivity contribution in [2.45, 2.75) is 0 Å². The maximum atomic E-state index is 11.2. The molecule has 4 nitrogen and oxygen atoms in total. The standard InChI is InChI=1S/C8H4Br2N2O2/c9-3-1-5-6(12-7(3)13)2-4(10)8(14)11-5/h1-2H,(H,11,14)(H,12,13). The topological polar surface area (TPSA) is 65.7 Å². The Morgan fingerprint density at radius 3 is 1.57 bits per heavy atom. The van der Waals surface area contributed by atoms with E-state index in [-0.39, 0.29) is 11.1 Å². The summed E-state index contributed by atoms with van der Waals surface area (Å²) in [5.74, 6) is 0. The zero-order chi connectivity index (χ0) is 10.3. The van der Waals surface area contributed by atoms with E-state index in [9.17, 15) is 9.59 Å².